The van der Waals surface area contributed by atoms with Gasteiger partial charge in [0.25, 0.3) is 5.56 Å². The molecule has 1 atom stereocenters. The van der Waals surface area contributed by atoms with Crippen LogP contribution in [0, 0.1) is 0 Å². The van der Waals surface area contributed by atoms with Crippen molar-refractivity contribution in [1.82, 2.24) is 9.97 Å². The first kappa shape index (κ1) is 20.7. The van der Waals surface area contributed by atoms with Gasteiger partial charge in [-0.2, -0.15) is 0 Å². The van der Waals surface area contributed by atoms with Gasteiger partial charge in [-0.15, -0.1) is 11.3 Å². The molecule has 0 fully saturated rings. The van der Waals surface area contributed by atoms with Gasteiger partial charge >= 0.3 is 0 Å². The number of nitrogens with zero attached hydrogens (tertiary/aromatic N) is 1. The molecule has 3 aromatic rings. The van der Waals surface area contributed by atoms with E-state index in [9.17, 15) is 9.59 Å². The van der Waals surface area contributed by atoms with Crippen LogP contribution in [0.1, 0.15) is 30.2 Å². The van der Waals surface area contributed by atoms with Crippen LogP contribution < -0.4 is 20.3 Å². The zero-order valence-corrected chi connectivity index (χ0v) is 18.7. The fourth-order valence-electron chi connectivity index (χ4n) is 3.54. The number of aromatic amines is 1. The maximum absolute atomic E-state index is 12.7. The van der Waals surface area contributed by atoms with E-state index in [4.69, 9.17) is 9.47 Å². The van der Waals surface area contributed by atoms with Crippen LogP contribution in [0.3, 0.4) is 0 Å². The molecular formula is C21H23N3O4S2. The minimum absolute atomic E-state index is 0.118. The molecule has 0 saturated heterocycles. The number of methoxy groups -OCH3 is 2. The second kappa shape index (κ2) is 8.69. The smallest absolute Gasteiger partial charge is 0.260 e. The first-order valence-corrected chi connectivity index (χ1v) is 11.4. The Hall–Kier alpha value is -2.52. The van der Waals surface area contributed by atoms with Crippen LogP contribution in [-0.2, 0) is 17.6 Å². The summed E-state index contributed by atoms with van der Waals surface area (Å²) in [6.45, 7) is 1.78. The quantitative estimate of drug-likeness (QED) is 0.440. The normalized spacial score (nSPS) is 14.2. The SMILES string of the molecule is COc1cc(NC(=O)C(C)Sc2nc3sc4c(c3c(=O)[nH]2)CCCC4)cc(OC)c1. The van der Waals surface area contributed by atoms with Crippen molar-refractivity contribution in [1.29, 1.82) is 0 Å². The van der Waals surface area contributed by atoms with Crippen molar-refractivity contribution < 1.29 is 14.3 Å². The fourth-order valence-corrected chi connectivity index (χ4v) is 5.66. The molecule has 1 aromatic carbocycles. The molecule has 158 valence electrons. The first-order valence-electron chi connectivity index (χ1n) is 9.73. The second-order valence-electron chi connectivity index (χ2n) is 7.11. The highest BCUT2D eigenvalue weighted by molar-refractivity contribution is 8.00. The van der Waals surface area contributed by atoms with Crippen molar-refractivity contribution in [3.63, 3.8) is 0 Å². The molecule has 1 unspecified atom stereocenters. The van der Waals surface area contributed by atoms with Crippen molar-refractivity contribution in [2.24, 2.45) is 0 Å². The van der Waals surface area contributed by atoms with Gasteiger partial charge in [0.2, 0.25) is 5.91 Å². The first-order chi connectivity index (χ1) is 14.5. The van der Waals surface area contributed by atoms with Crippen molar-refractivity contribution in [2.75, 3.05) is 19.5 Å². The molecular weight excluding hydrogens is 422 g/mol. The molecule has 0 spiro atoms. The lowest BCUT2D eigenvalue weighted by Crippen LogP contribution is -2.23. The van der Waals surface area contributed by atoms with E-state index in [1.165, 1.54) is 16.6 Å². The number of thioether (sulfide) groups is 1. The number of aryl methyl sites for hydroxylation is 2. The van der Waals surface area contributed by atoms with Crippen LogP contribution in [0.25, 0.3) is 10.2 Å². The number of carbonyl (C=O) groups excluding carboxylic acids is 1. The summed E-state index contributed by atoms with van der Waals surface area (Å²) in [5.74, 6) is 0.967. The molecule has 9 heteroatoms. The van der Waals surface area contributed by atoms with Crippen LogP contribution in [0.4, 0.5) is 5.69 Å². The van der Waals surface area contributed by atoms with E-state index < -0.39 is 5.25 Å². The molecule has 1 aliphatic carbocycles. The van der Waals surface area contributed by atoms with Crippen molar-refractivity contribution in [2.45, 2.75) is 43.0 Å². The number of rotatable bonds is 6. The van der Waals surface area contributed by atoms with E-state index in [1.54, 1.807) is 50.7 Å². The largest absolute Gasteiger partial charge is 0.497 e. The molecule has 2 heterocycles. The van der Waals surface area contributed by atoms with Gasteiger partial charge in [-0.05, 0) is 38.2 Å². The van der Waals surface area contributed by atoms with Crippen molar-refractivity contribution in [3.8, 4) is 11.5 Å². The average molecular weight is 446 g/mol. The molecule has 1 amide bonds. The van der Waals surface area contributed by atoms with Gasteiger partial charge in [-0.25, -0.2) is 4.98 Å². The van der Waals surface area contributed by atoms with Gasteiger partial charge in [0.1, 0.15) is 16.3 Å². The lowest BCUT2D eigenvalue weighted by atomic mass is 9.97. The fraction of sp³-hybridized carbons (Fsp3) is 0.381. The minimum Gasteiger partial charge on any atom is -0.497 e. The second-order valence-corrected chi connectivity index (χ2v) is 9.53. The molecule has 0 aliphatic heterocycles. The third kappa shape index (κ3) is 4.17. The Morgan fingerprint density at radius 3 is 2.60 bits per heavy atom. The van der Waals surface area contributed by atoms with Crippen LogP contribution >= 0.6 is 23.1 Å². The van der Waals surface area contributed by atoms with E-state index in [2.05, 4.69) is 15.3 Å². The Balaban J connectivity index is 1.52. The Morgan fingerprint density at radius 2 is 1.90 bits per heavy atom. The number of nitrogens with one attached hydrogen (secondary N) is 2. The number of benzene rings is 1. The summed E-state index contributed by atoms with van der Waals surface area (Å²) in [6, 6.07) is 5.18. The molecule has 1 aliphatic rings. The number of anilines is 1. The van der Waals surface area contributed by atoms with Gasteiger partial charge in [0, 0.05) is 28.8 Å². The van der Waals surface area contributed by atoms with Gasteiger partial charge in [-0.3, -0.25) is 9.59 Å². The molecule has 0 saturated carbocycles. The van der Waals surface area contributed by atoms with Gasteiger partial charge in [0.15, 0.2) is 5.16 Å². The summed E-state index contributed by atoms with van der Waals surface area (Å²) < 4.78 is 10.5. The Kier molecular flexibility index (Phi) is 6.01. The number of fused-ring (bicyclic) bond motifs is 3. The molecule has 2 N–H and O–H groups in total. The number of aromatic nitrogens is 2. The van der Waals surface area contributed by atoms with E-state index in [-0.39, 0.29) is 11.5 Å². The highest BCUT2D eigenvalue weighted by atomic mass is 32.2. The molecule has 0 radical (unpaired) electrons. The maximum atomic E-state index is 12.7. The Morgan fingerprint density at radius 1 is 1.20 bits per heavy atom. The lowest BCUT2D eigenvalue weighted by molar-refractivity contribution is -0.115. The predicted molar refractivity (Wildman–Crippen MR) is 120 cm³/mol. The van der Waals surface area contributed by atoms with Crippen molar-refractivity contribution >= 4 is 44.9 Å². The zero-order valence-electron chi connectivity index (χ0n) is 17.0. The third-order valence-electron chi connectivity index (χ3n) is 5.08. The molecule has 7 nitrogen and oxygen atoms in total. The summed E-state index contributed by atoms with van der Waals surface area (Å²) in [6.07, 6.45) is 4.23. The summed E-state index contributed by atoms with van der Waals surface area (Å²) in [4.78, 5) is 34.9. The van der Waals surface area contributed by atoms with E-state index in [1.807, 2.05) is 0 Å². The molecule has 30 heavy (non-hydrogen) atoms. The van der Waals surface area contributed by atoms with Crippen LogP contribution in [-0.4, -0.2) is 35.3 Å². The number of amides is 1. The predicted octanol–water partition coefficient (Wildman–Crippen LogP) is 4.00. The number of H-pyrrole nitrogens is 1. The van der Waals surface area contributed by atoms with Gasteiger partial charge in [-0.1, -0.05) is 11.8 Å². The van der Waals surface area contributed by atoms with E-state index in [0.29, 0.717) is 22.3 Å². The molecule has 2 aromatic heterocycles. The Bertz CT molecular complexity index is 1130. The number of ether oxygens (including phenoxy) is 2. The number of hydrogen-bond donors (Lipinski definition) is 2. The molecule has 4 rings (SSSR count). The van der Waals surface area contributed by atoms with E-state index in [0.717, 1.165) is 41.5 Å². The minimum atomic E-state index is -0.461. The lowest BCUT2D eigenvalue weighted by Gasteiger charge is -2.13. The Labute approximate surface area is 182 Å². The summed E-state index contributed by atoms with van der Waals surface area (Å²) in [5, 5.41) is 3.58. The standard InChI is InChI=1S/C21H23N3O4S2/c1-11(18(25)22-12-8-13(27-2)10-14(9-12)28-3)29-21-23-19(26)17-15-6-4-5-7-16(15)30-20(17)24-21/h8-11H,4-7H2,1-3H3,(H,22,25)(H,23,24,26). The average Bonchev–Trinajstić information content (AvgIpc) is 3.12. The van der Waals surface area contributed by atoms with Crippen molar-refractivity contribution in [3.05, 3.63) is 39.0 Å². The monoisotopic (exact) mass is 445 g/mol. The van der Waals surface area contributed by atoms with Crippen LogP contribution in [0.15, 0.2) is 28.2 Å². The van der Waals surface area contributed by atoms with Crippen LogP contribution in [0.2, 0.25) is 0 Å². The molecule has 0 bridgehead atoms. The highest BCUT2D eigenvalue weighted by Gasteiger charge is 2.22. The summed E-state index contributed by atoms with van der Waals surface area (Å²) in [7, 11) is 3.11. The zero-order chi connectivity index (χ0) is 21.3. The maximum Gasteiger partial charge on any atom is 0.260 e. The van der Waals surface area contributed by atoms with Gasteiger partial charge < -0.3 is 19.8 Å². The number of hydrogen-bond acceptors (Lipinski definition) is 7. The van der Waals surface area contributed by atoms with Crippen LogP contribution in [0.5, 0.6) is 11.5 Å². The van der Waals surface area contributed by atoms with E-state index >= 15 is 0 Å². The summed E-state index contributed by atoms with van der Waals surface area (Å²) >= 11 is 2.83. The number of carbonyl (C=O) groups is 1. The summed E-state index contributed by atoms with van der Waals surface area (Å²) in [5.41, 5.74) is 1.61. The highest BCUT2D eigenvalue weighted by Crippen LogP contribution is 2.34. The van der Waals surface area contributed by atoms with Gasteiger partial charge in [0.05, 0.1) is 24.9 Å². The topological polar surface area (TPSA) is 93.3 Å². The third-order valence-corrected chi connectivity index (χ3v) is 7.25. The number of thiophene rings is 1.